The van der Waals surface area contributed by atoms with Crippen LogP contribution in [-0.2, 0) is 0 Å². The lowest BCUT2D eigenvalue weighted by Crippen LogP contribution is -2.21. The van der Waals surface area contributed by atoms with Crippen LogP contribution < -0.4 is 0 Å². The zero-order valence-corrected chi connectivity index (χ0v) is 8.63. The third-order valence-corrected chi connectivity index (χ3v) is 4.99. The van der Waals surface area contributed by atoms with E-state index in [0.717, 1.165) is 4.66 Å². The van der Waals surface area contributed by atoms with Crippen molar-refractivity contribution in [2.75, 3.05) is 0 Å². The van der Waals surface area contributed by atoms with Crippen LogP contribution in [0.4, 0.5) is 0 Å². The van der Waals surface area contributed by atoms with Crippen molar-refractivity contribution in [2.45, 2.75) is 33.5 Å². The van der Waals surface area contributed by atoms with Crippen molar-refractivity contribution in [1.82, 2.24) is 0 Å². The van der Waals surface area contributed by atoms with E-state index in [2.05, 4.69) is 33.5 Å². The van der Waals surface area contributed by atoms with Gasteiger partial charge in [-0.15, -0.1) is 0 Å². The lowest BCUT2D eigenvalue weighted by Gasteiger charge is -2.15. The average Bonchev–Trinajstić information content (AvgIpc) is 1.62. The van der Waals surface area contributed by atoms with Gasteiger partial charge in [-0.25, -0.2) is 0 Å². The smallest absolute Gasteiger partial charge is 0.0921 e. The molecule has 54 valence electrons. The number of rotatable bonds is 1. The van der Waals surface area contributed by atoms with Crippen molar-refractivity contribution in [3.8, 4) is 0 Å². The fourth-order valence-corrected chi connectivity index (χ4v) is 2.25. The Bertz CT molecular complexity index is 126. The number of hydrogen-bond donors (Lipinski definition) is 0. The maximum atomic E-state index is 6.03. The summed E-state index contributed by atoms with van der Waals surface area (Å²) < 4.78 is 1.11. The first kappa shape index (κ1) is 9.25. The van der Waals surface area contributed by atoms with Crippen molar-refractivity contribution in [3.05, 3.63) is 10.2 Å². The Morgan fingerprint density at radius 3 is 1.44 bits per heavy atom. The van der Waals surface area contributed by atoms with Crippen molar-refractivity contribution >= 4 is 19.7 Å². The Morgan fingerprint density at radius 1 is 1.11 bits per heavy atom. The van der Waals surface area contributed by atoms with E-state index in [1.807, 2.05) is 0 Å². The fraction of sp³-hybridized carbons (Fsp3) is 0.714. The molecule has 2 heteroatoms. The lowest BCUT2D eigenvalue weighted by atomic mass is 10.4. The minimum absolute atomic E-state index is 1.11. The Hall–Kier alpha value is 0.247. The predicted molar refractivity (Wildman–Crippen MR) is 47.6 cm³/mol. The van der Waals surface area contributed by atoms with Gasteiger partial charge in [-0.2, -0.15) is 0 Å². The molecule has 9 heavy (non-hydrogen) atoms. The van der Waals surface area contributed by atoms with Gasteiger partial charge >= 0.3 is 0 Å². The van der Waals surface area contributed by atoms with Crippen LogP contribution in [0.1, 0.15) is 13.8 Å². The molecule has 0 atom stereocenters. The molecule has 0 saturated heterocycles. The molecule has 0 heterocycles. The molecule has 0 bridgehead atoms. The molecule has 0 radical (unpaired) electrons. The van der Waals surface area contributed by atoms with E-state index in [-0.39, 0.29) is 0 Å². The molecule has 0 aromatic heterocycles. The van der Waals surface area contributed by atoms with Gasteiger partial charge in [0, 0.05) is 4.66 Å². The summed E-state index contributed by atoms with van der Waals surface area (Å²) in [4.78, 5) is 0. The maximum Gasteiger partial charge on any atom is 0.0921 e. The molecule has 0 N–H and O–H groups in total. The molecule has 0 aliphatic carbocycles. The monoisotopic (exact) mass is 162 g/mol. The van der Waals surface area contributed by atoms with E-state index in [1.54, 1.807) is 0 Å². The maximum absolute atomic E-state index is 6.03. The first-order valence-corrected chi connectivity index (χ1v) is 7.07. The van der Waals surface area contributed by atoms with Crippen LogP contribution >= 0.6 is 11.6 Å². The van der Waals surface area contributed by atoms with Crippen LogP contribution in [0.25, 0.3) is 0 Å². The summed E-state index contributed by atoms with van der Waals surface area (Å²) in [7, 11) is -1.18. The van der Waals surface area contributed by atoms with E-state index in [4.69, 9.17) is 11.6 Å². The van der Waals surface area contributed by atoms with Gasteiger partial charge in [0.05, 0.1) is 8.07 Å². The van der Waals surface area contributed by atoms with E-state index < -0.39 is 8.07 Å². The van der Waals surface area contributed by atoms with E-state index in [1.165, 1.54) is 5.57 Å². The molecular weight excluding hydrogens is 148 g/mol. The van der Waals surface area contributed by atoms with Gasteiger partial charge in [0.2, 0.25) is 0 Å². The van der Waals surface area contributed by atoms with Gasteiger partial charge in [-0.1, -0.05) is 36.8 Å². The standard InChI is InChI=1S/C7H15ClSi/c1-6(2)7(8)9(3,4)5/h1-5H3. The summed E-state index contributed by atoms with van der Waals surface area (Å²) in [6.45, 7) is 10.9. The van der Waals surface area contributed by atoms with Gasteiger partial charge in [0.1, 0.15) is 0 Å². The van der Waals surface area contributed by atoms with Crippen molar-refractivity contribution in [1.29, 1.82) is 0 Å². The van der Waals surface area contributed by atoms with Crippen LogP contribution in [0.15, 0.2) is 10.2 Å². The lowest BCUT2D eigenvalue weighted by molar-refractivity contribution is 1.38. The van der Waals surface area contributed by atoms with Crippen LogP contribution in [0.5, 0.6) is 0 Å². The molecule has 0 aliphatic rings. The third-order valence-electron chi connectivity index (χ3n) is 1.10. The summed E-state index contributed by atoms with van der Waals surface area (Å²) >= 11 is 6.03. The molecule has 0 unspecified atom stereocenters. The average molecular weight is 163 g/mol. The zero-order chi connectivity index (χ0) is 7.65. The molecule has 0 aromatic carbocycles. The highest BCUT2D eigenvalue weighted by atomic mass is 35.5. The molecule has 0 fully saturated rings. The molecule has 0 aromatic rings. The van der Waals surface area contributed by atoms with Gasteiger partial charge < -0.3 is 0 Å². The van der Waals surface area contributed by atoms with Crippen molar-refractivity contribution < 1.29 is 0 Å². The molecule has 0 nitrogen and oxygen atoms in total. The predicted octanol–water partition coefficient (Wildman–Crippen LogP) is 3.40. The minimum Gasteiger partial charge on any atom is -0.0943 e. The first-order chi connectivity index (χ1) is 3.85. The molecule has 0 amide bonds. The quantitative estimate of drug-likeness (QED) is 0.519. The normalized spacial score (nSPS) is 11.3. The van der Waals surface area contributed by atoms with E-state index in [0.29, 0.717) is 0 Å². The highest BCUT2D eigenvalue weighted by molar-refractivity contribution is 6.91. The van der Waals surface area contributed by atoms with Crippen molar-refractivity contribution in [3.63, 3.8) is 0 Å². The Balaban J connectivity index is 4.40. The summed E-state index contributed by atoms with van der Waals surface area (Å²) in [5.41, 5.74) is 1.27. The second-order valence-corrected chi connectivity index (χ2v) is 9.26. The van der Waals surface area contributed by atoms with E-state index in [9.17, 15) is 0 Å². The highest BCUT2D eigenvalue weighted by Crippen LogP contribution is 2.21. The summed E-state index contributed by atoms with van der Waals surface area (Å²) in [6, 6.07) is 0. The van der Waals surface area contributed by atoms with Crippen LogP contribution in [-0.4, -0.2) is 8.07 Å². The topological polar surface area (TPSA) is 0 Å². The fourth-order valence-electron chi connectivity index (χ4n) is 0.750. The van der Waals surface area contributed by atoms with Gasteiger partial charge in [-0.3, -0.25) is 0 Å². The highest BCUT2D eigenvalue weighted by Gasteiger charge is 2.18. The second kappa shape index (κ2) is 2.89. The largest absolute Gasteiger partial charge is 0.0943 e. The Labute approximate surface area is 63.9 Å². The van der Waals surface area contributed by atoms with Crippen molar-refractivity contribution in [2.24, 2.45) is 0 Å². The summed E-state index contributed by atoms with van der Waals surface area (Å²) in [5.74, 6) is 0. The summed E-state index contributed by atoms with van der Waals surface area (Å²) in [6.07, 6.45) is 0. The molecule has 0 saturated carbocycles. The zero-order valence-electron chi connectivity index (χ0n) is 6.88. The third kappa shape index (κ3) is 3.07. The number of hydrogen-bond acceptors (Lipinski definition) is 0. The molecule has 0 aliphatic heterocycles. The first-order valence-electron chi connectivity index (χ1n) is 3.19. The summed E-state index contributed by atoms with van der Waals surface area (Å²) in [5, 5.41) is 0. The number of allylic oxidation sites excluding steroid dienone is 1. The molecular formula is C7H15ClSi. The van der Waals surface area contributed by atoms with Gasteiger partial charge in [0.15, 0.2) is 0 Å². The Kier molecular flexibility index (Phi) is 2.97. The minimum atomic E-state index is -1.18. The SMILES string of the molecule is CC(C)=C(Cl)[Si](C)(C)C. The molecule has 0 rings (SSSR count). The van der Waals surface area contributed by atoms with Gasteiger partial charge in [-0.05, 0) is 13.8 Å². The van der Waals surface area contributed by atoms with Crippen LogP contribution in [0.3, 0.4) is 0 Å². The van der Waals surface area contributed by atoms with Crippen LogP contribution in [0.2, 0.25) is 19.6 Å². The number of halogens is 1. The molecule has 0 spiro atoms. The van der Waals surface area contributed by atoms with Crippen LogP contribution in [0, 0.1) is 0 Å². The van der Waals surface area contributed by atoms with E-state index >= 15 is 0 Å². The van der Waals surface area contributed by atoms with Gasteiger partial charge in [0.25, 0.3) is 0 Å². The Morgan fingerprint density at radius 2 is 1.44 bits per heavy atom. The second-order valence-electron chi connectivity index (χ2n) is 3.56.